The Hall–Kier alpha value is -0.830. The van der Waals surface area contributed by atoms with E-state index in [2.05, 4.69) is 33.4 Å². The lowest BCUT2D eigenvalue weighted by Gasteiger charge is -2.11. The third-order valence-corrected chi connectivity index (χ3v) is 3.86. The zero-order valence-electron chi connectivity index (χ0n) is 7.59. The minimum absolute atomic E-state index is 0.196. The van der Waals surface area contributed by atoms with E-state index in [0.29, 0.717) is 12.3 Å². The Morgan fingerprint density at radius 3 is 3.07 bits per heavy atom. The van der Waals surface area contributed by atoms with Gasteiger partial charge in [-0.2, -0.15) is 0 Å². The molecule has 1 aromatic carbocycles. The van der Waals surface area contributed by atoms with Crippen LogP contribution in [-0.2, 0) is 11.2 Å². The highest BCUT2D eigenvalue weighted by Gasteiger charge is 2.40. The molecule has 1 N–H and O–H groups in total. The topological polar surface area (TPSA) is 29.1 Å². The first-order valence-corrected chi connectivity index (χ1v) is 5.61. The zero-order chi connectivity index (χ0) is 9.71. The van der Waals surface area contributed by atoms with E-state index in [-0.39, 0.29) is 11.9 Å². The zero-order valence-corrected chi connectivity index (χ0v) is 9.17. The lowest BCUT2D eigenvalue weighted by Crippen LogP contribution is -2.18. The fourth-order valence-electron chi connectivity index (χ4n) is 2.59. The van der Waals surface area contributed by atoms with Gasteiger partial charge in [-0.15, -0.1) is 0 Å². The van der Waals surface area contributed by atoms with Gasteiger partial charge in [0.05, 0.1) is 6.04 Å². The van der Waals surface area contributed by atoms with Crippen LogP contribution in [0.2, 0.25) is 0 Å². The Labute approximate surface area is 90.8 Å². The summed E-state index contributed by atoms with van der Waals surface area (Å²) in [7, 11) is 0. The number of rotatable bonds is 0. The van der Waals surface area contributed by atoms with E-state index in [9.17, 15) is 4.79 Å². The molecule has 0 aromatic heterocycles. The lowest BCUT2D eigenvalue weighted by molar-refractivity contribution is -0.119. The second-order valence-electron chi connectivity index (χ2n) is 4.03. The number of amides is 1. The molecule has 2 nitrogen and oxygen atoms in total. The van der Waals surface area contributed by atoms with E-state index >= 15 is 0 Å². The Morgan fingerprint density at radius 2 is 2.21 bits per heavy atom. The van der Waals surface area contributed by atoms with Crippen molar-refractivity contribution in [2.75, 3.05) is 0 Å². The van der Waals surface area contributed by atoms with Crippen molar-refractivity contribution in [3.8, 4) is 0 Å². The molecule has 2 atom stereocenters. The molecule has 3 rings (SSSR count). The molecule has 14 heavy (non-hydrogen) atoms. The monoisotopic (exact) mass is 251 g/mol. The van der Waals surface area contributed by atoms with E-state index in [1.165, 1.54) is 11.1 Å². The van der Waals surface area contributed by atoms with Gasteiger partial charge in [-0.05, 0) is 29.5 Å². The first-order valence-electron chi connectivity index (χ1n) is 4.82. The molecular weight excluding hydrogens is 242 g/mol. The van der Waals surface area contributed by atoms with Gasteiger partial charge in [0, 0.05) is 10.9 Å². The van der Waals surface area contributed by atoms with Gasteiger partial charge in [-0.3, -0.25) is 4.79 Å². The number of benzene rings is 1. The number of carbonyl (C=O) groups is 1. The maximum Gasteiger partial charge on any atom is 0.220 e. The second kappa shape index (κ2) is 2.83. The SMILES string of the molecule is O=C1C[C@H]2Cc3cccc(Br)c3[C@@H]2N1. The van der Waals surface area contributed by atoms with Gasteiger partial charge in [0.25, 0.3) is 0 Å². The third-order valence-electron chi connectivity index (χ3n) is 3.17. The van der Waals surface area contributed by atoms with Crippen LogP contribution in [0.15, 0.2) is 22.7 Å². The van der Waals surface area contributed by atoms with Crippen molar-refractivity contribution in [2.45, 2.75) is 18.9 Å². The van der Waals surface area contributed by atoms with Crippen molar-refractivity contribution in [1.82, 2.24) is 5.32 Å². The van der Waals surface area contributed by atoms with E-state index in [4.69, 9.17) is 0 Å². The largest absolute Gasteiger partial charge is 0.349 e. The molecule has 72 valence electrons. The van der Waals surface area contributed by atoms with Crippen molar-refractivity contribution >= 4 is 21.8 Å². The average Bonchev–Trinajstić information content (AvgIpc) is 2.60. The fourth-order valence-corrected chi connectivity index (χ4v) is 3.25. The van der Waals surface area contributed by atoms with Crippen molar-refractivity contribution in [1.29, 1.82) is 0 Å². The third kappa shape index (κ3) is 1.05. The van der Waals surface area contributed by atoms with Crippen molar-refractivity contribution in [3.63, 3.8) is 0 Å². The molecule has 0 saturated carbocycles. The molecule has 1 aliphatic heterocycles. The molecule has 1 heterocycles. The first kappa shape index (κ1) is 8.48. The smallest absolute Gasteiger partial charge is 0.220 e. The molecule has 1 aliphatic carbocycles. The molecule has 2 aliphatic rings. The maximum absolute atomic E-state index is 11.3. The summed E-state index contributed by atoms with van der Waals surface area (Å²) in [4.78, 5) is 11.3. The maximum atomic E-state index is 11.3. The normalized spacial score (nSPS) is 28.5. The fraction of sp³-hybridized carbons (Fsp3) is 0.364. The Balaban J connectivity index is 2.11. The van der Waals surface area contributed by atoms with Gasteiger partial charge >= 0.3 is 0 Å². The molecule has 0 radical (unpaired) electrons. The number of halogens is 1. The van der Waals surface area contributed by atoms with Crippen molar-refractivity contribution in [2.24, 2.45) is 5.92 Å². The van der Waals surface area contributed by atoms with Crippen LogP contribution < -0.4 is 5.32 Å². The molecule has 1 saturated heterocycles. The molecule has 1 fully saturated rings. The number of carbonyl (C=O) groups excluding carboxylic acids is 1. The molecule has 0 unspecified atom stereocenters. The van der Waals surface area contributed by atoms with E-state index in [1.54, 1.807) is 0 Å². The summed E-state index contributed by atoms with van der Waals surface area (Å²) < 4.78 is 1.13. The second-order valence-corrected chi connectivity index (χ2v) is 4.88. The summed E-state index contributed by atoms with van der Waals surface area (Å²) in [6.45, 7) is 0. The van der Waals surface area contributed by atoms with Crippen LogP contribution in [0.1, 0.15) is 23.6 Å². The van der Waals surface area contributed by atoms with Crippen LogP contribution in [0.4, 0.5) is 0 Å². The number of fused-ring (bicyclic) bond motifs is 3. The minimum Gasteiger partial charge on any atom is -0.349 e. The predicted octanol–water partition coefficient (Wildman–Crippen LogP) is 2.18. The average molecular weight is 252 g/mol. The highest BCUT2D eigenvalue weighted by atomic mass is 79.9. The van der Waals surface area contributed by atoms with Crippen molar-refractivity contribution in [3.05, 3.63) is 33.8 Å². The van der Waals surface area contributed by atoms with E-state index < -0.39 is 0 Å². The van der Waals surface area contributed by atoms with Crippen molar-refractivity contribution < 1.29 is 4.79 Å². The van der Waals surface area contributed by atoms with E-state index in [1.807, 2.05) is 6.07 Å². The van der Waals surface area contributed by atoms with Gasteiger partial charge in [0.2, 0.25) is 5.91 Å². The standard InChI is InChI=1S/C11H10BrNO/c12-8-3-1-2-6-4-7-5-9(14)13-11(7)10(6)8/h1-3,7,11H,4-5H2,(H,13,14)/t7-,11-/m1/s1. The van der Waals surface area contributed by atoms with E-state index in [0.717, 1.165) is 10.9 Å². The molecule has 1 aromatic rings. The van der Waals surface area contributed by atoms with Crippen LogP contribution >= 0.6 is 15.9 Å². The number of hydrogen-bond acceptors (Lipinski definition) is 1. The van der Waals surface area contributed by atoms with Gasteiger partial charge in [-0.1, -0.05) is 28.1 Å². The summed E-state index contributed by atoms with van der Waals surface area (Å²) in [5.74, 6) is 0.678. The molecular formula is C11H10BrNO. The highest BCUT2D eigenvalue weighted by Crippen LogP contribution is 2.44. The van der Waals surface area contributed by atoms with Crippen LogP contribution in [0.25, 0.3) is 0 Å². The molecule has 0 spiro atoms. The Morgan fingerprint density at radius 1 is 1.36 bits per heavy atom. The van der Waals surface area contributed by atoms with Crippen LogP contribution in [0, 0.1) is 5.92 Å². The van der Waals surface area contributed by atoms with Crippen LogP contribution in [0.5, 0.6) is 0 Å². The molecule has 0 bridgehead atoms. The Kier molecular flexibility index (Phi) is 1.71. The summed E-state index contributed by atoms with van der Waals surface area (Å²) in [6.07, 6.45) is 1.73. The first-order chi connectivity index (χ1) is 6.75. The molecule has 1 amide bonds. The Bertz CT molecular complexity index is 416. The van der Waals surface area contributed by atoms with Crippen LogP contribution in [0.3, 0.4) is 0 Å². The van der Waals surface area contributed by atoms with Crippen LogP contribution in [-0.4, -0.2) is 5.91 Å². The quantitative estimate of drug-likeness (QED) is 0.753. The summed E-state index contributed by atoms with van der Waals surface area (Å²) >= 11 is 3.55. The van der Waals surface area contributed by atoms with Gasteiger partial charge in [-0.25, -0.2) is 0 Å². The number of hydrogen-bond donors (Lipinski definition) is 1. The number of nitrogens with one attached hydrogen (secondary N) is 1. The van der Waals surface area contributed by atoms with Gasteiger partial charge in [0.15, 0.2) is 0 Å². The molecule has 3 heteroatoms. The highest BCUT2D eigenvalue weighted by molar-refractivity contribution is 9.10. The summed E-state index contributed by atoms with van der Waals surface area (Å²) in [5.41, 5.74) is 2.68. The van der Waals surface area contributed by atoms with Gasteiger partial charge < -0.3 is 5.32 Å². The minimum atomic E-state index is 0.196. The predicted molar refractivity (Wildman–Crippen MR) is 56.8 cm³/mol. The summed E-state index contributed by atoms with van der Waals surface area (Å²) in [6, 6.07) is 6.52. The lowest BCUT2D eigenvalue weighted by atomic mass is 10.0. The van der Waals surface area contributed by atoms with Gasteiger partial charge in [0.1, 0.15) is 0 Å². The summed E-state index contributed by atoms with van der Waals surface area (Å²) in [5, 5.41) is 3.04.